The predicted octanol–water partition coefficient (Wildman–Crippen LogP) is 2.22. The maximum absolute atomic E-state index is 10.8. The summed E-state index contributed by atoms with van der Waals surface area (Å²) < 4.78 is 0. The SMILES string of the molecule is CCCCCCC#CCC(=O)C=[N+]=[N-]. The van der Waals surface area contributed by atoms with Crippen molar-refractivity contribution < 1.29 is 9.58 Å². The van der Waals surface area contributed by atoms with Crippen molar-refractivity contribution in [3.63, 3.8) is 0 Å². The van der Waals surface area contributed by atoms with Gasteiger partial charge in [-0.3, -0.25) is 4.79 Å². The molecule has 0 aromatic carbocycles. The van der Waals surface area contributed by atoms with Crippen molar-refractivity contribution in [2.75, 3.05) is 0 Å². The van der Waals surface area contributed by atoms with Crippen LogP contribution in [0.2, 0.25) is 0 Å². The summed E-state index contributed by atoms with van der Waals surface area (Å²) >= 11 is 0. The minimum atomic E-state index is -0.256. The first-order valence-corrected chi connectivity index (χ1v) is 4.97. The van der Waals surface area contributed by atoms with Gasteiger partial charge in [0.1, 0.15) is 0 Å². The second-order valence-electron chi connectivity index (χ2n) is 3.05. The van der Waals surface area contributed by atoms with Gasteiger partial charge in [0, 0.05) is 6.42 Å². The Bertz CT molecular complexity index is 267. The van der Waals surface area contributed by atoms with Gasteiger partial charge in [-0.2, -0.15) is 4.79 Å². The number of rotatable bonds is 6. The first-order chi connectivity index (χ1) is 6.81. The largest absolute Gasteiger partial charge is 0.361 e. The van der Waals surface area contributed by atoms with Gasteiger partial charge < -0.3 is 5.53 Å². The maximum atomic E-state index is 10.8. The first-order valence-electron chi connectivity index (χ1n) is 4.97. The van der Waals surface area contributed by atoms with E-state index in [0.29, 0.717) is 0 Å². The summed E-state index contributed by atoms with van der Waals surface area (Å²) in [5.74, 6) is 5.41. The zero-order valence-corrected chi connectivity index (χ0v) is 8.62. The molecule has 0 aliphatic rings. The zero-order chi connectivity index (χ0) is 10.6. The van der Waals surface area contributed by atoms with Crippen LogP contribution in [0.15, 0.2) is 0 Å². The molecule has 0 spiro atoms. The lowest BCUT2D eigenvalue weighted by atomic mass is 10.1. The Morgan fingerprint density at radius 1 is 1.36 bits per heavy atom. The van der Waals surface area contributed by atoms with Crippen molar-refractivity contribution >= 4 is 12.0 Å². The highest BCUT2D eigenvalue weighted by Gasteiger charge is 1.96. The van der Waals surface area contributed by atoms with Gasteiger partial charge in [0.05, 0.1) is 6.42 Å². The van der Waals surface area contributed by atoms with Gasteiger partial charge in [-0.05, 0) is 6.42 Å². The molecule has 3 nitrogen and oxygen atoms in total. The number of carbonyl (C=O) groups is 1. The van der Waals surface area contributed by atoms with Crippen LogP contribution < -0.4 is 0 Å². The molecule has 0 aromatic rings. The van der Waals surface area contributed by atoms with Crippen LogP contribution in [0, 0.1) is 11.8 Å². The molecule has 0 saturated heterocycles. The van der Waals surface area contributed by atoms with Crippen LogP contribution in [-0.2, 0) is 4.79 Å². The summed E-state index contributed by atoms with van der Waals surface area (Å²) in [6.07, 6.45) is 6.66. The van der Waals surface area contributed by atoms with E-state index >= 15 is 0 Å². The van der Waals surface area contributed by atoms with Crippen molar-refractivity contribution in [3.05, 3.63) is 5.53 Å². The maximum Gasteiger partial charge on any atom is 0.324 e. The minimum absolute atomic E-state index is 0.151. The summed E-state index contributed by atoms with van der Waals surface area (Å²) in [6.45, 7) is 2.17. The van der Waals surface area contributed by atoms with Crippen LogP contribution in [0.1, 0.15) is 45.4 Å². The minimum Gasteiger partial charge on any atom is -0.361 e. The molecule has 0 heterocycles. The molecular formula is C11H16N2O. The summed E-state index contributed by atoms with van der Waals surface area (Å²) in [5, 5.41) is 0. The Morgan fingerprint density at radius 3 is 2.79 bits per heavy atom. The van der Waals surface area contributed by atoms with Crippen LogP contribution in [0.4, 0.5) is 0 Å². The van der Waals surface area contributed by atoms with Gasteiger partial charge in [0.25, 0.3) is 0 Å². The highest BCUT2D eigenvalue weighted by molar-refractivity contribution is 6.25. The number of hydrogen-bond donors (Lipinski definition) is 0. The lowest BCUT2D eigenvalue weighted by Crippen LogP contribution is -1.96. The fourth-order valence-corrected chi connectivity index (χ4v) is 0.988. The summed E-state index contributed by atoms with van der Waals surface area (Å²) in [4.78, 5) is 13.4. The van der Waals surface area contributed by atoms with Crippen molar-refractivity contribution in [2.45, 2.75) is 45.4 Å². The van der Waals surface area contributed by atoms with E-state index in [-0.39, 0.29) is 12.2 Å². The lowest BCUT2D eigenvalue weighted by Gasteiger charge is -1.91. The average molecular weight is 192 g/mol. The third-order valence-electron chi connectivity index (χ3n) is 1.74. The van der Waals surface area contributed by atoms with Crippen LogP contribution in [0.25, 0.3) is 5.53 Å². The number of ketones is 1. The van der Waals surface area contributed by atoms with E-state index in [0.717, 1.165) is 19.1 Å². The first kappa shape index (κ1) is 12.6. The van der Waals surface area contributed by atoms with Gasteiger partial charge in [-0.1, -0.05) is 32.1 Å². The van der Waals surface area contributed by atoms with E-state index in [2.05, 4.69) is 23.6 Å². The van der Waals surface area contributed by atoms with E-state index in [1.807, 2.05) is 0 Å². The Labute approximate surface area is 85.1 Å². The molecule has 76 valence electrons. The van der Waals surface area contributed by atoms with Gasteiger partial charge in [-0.25, -0.2) is 0 Å². The Hall–Kier alpha value is -1.39. The number of Topliss-reactive ketones (excluding diaryl/α,β-unsaturated/α-hetero) is 1. The van der Waals surface area contributed by atoms with Crippen molar-refractivity contribution in [2.24, 2.45) is 0 Å². The van der Waals surface area contributed by atoms with Crippen molar-refractivity contribution in [3.8, 4) is 11.8 Å². The summed E-state index contributed by atoms with van der Waals surface area (Å²) in [6, 6.07) is 0. The smallest absolute Gasteiger partial charge is 0.324 e. The highest BCUT2D eigenvalue weighted by atomic mass is 16.1. The molecule has 0 aliphatic heterocycles. The standard InChI is InChI=1S/C11H16N2O/c1-2-3-4-5-6-7-8-9-11(14)10-13-12/h10H,2-6,9H2,1H3. The Morgan fingerprint density at radius 2 is 2.14 bits per heavy atom. The number of hydrogen-bond acceptors (Lipinski definition) is 1. The number of carbonyl (C=O) groups excluding carboxylic acids is 1. The third-order valence-corrected chi connectivity index (χ3v) is 1.74. The summed E-state index contributed by atoms with van der Waals surface area (Å²) in [5.41, 5.74) is 8.04. The molecule has 0 saturated carbocycles. The number of nitrogens with zero attached hydrogens (tertiary/aromatic N) is 2. The molecule has 14 heavy (non-hydrogen) atoms. The lowest BCUT2D eigenvalue weighted by molar-refractivity contribution is -0.115. The van der Waals surface area contributed by atoms with Crippen LogP contribution in [-0.4, -0.2) is 16.8 Å². The van der Waals surface area contributed by atoms with Gasteiger partial charge in [0.2, 0.25) is 5.78 Å². The molecule has 0 bridgehead atoms. The Balaban J connectivity index is 3.44. The highest BCUT2D eigenvalue weighted by Crippen LogP contribution is 2.00. The molecule has 0 N–H and O–H groups in total. The molecule has 0 aromatic heterocycles. The molecular weight excluding hydrogens is 176 g/mol. The molecule has 0 rings (SSSR count). The van der Waals surface area contributed by atoms with Crippen LogP contribution in [0.3, 0.4) is 0 Å². The second kappa shape index (κ2) is 9.70. The number of unbranched alkanes of at least 4 members (excludes halogenated alkanes) is 4. The predicted molar refractivity (Wildman–Crippen MR) is 55.8 cm³/mol. The second-order valence-corrected chi connectivity index (χ2v) is 3.05. The van der Waals surface area contributed by atoms with E-state index < -0.39 is 0 Å². The van der Waals surface area contributed by atoms with Gasteiger partial charge >= 0.3 is 6.21 Å². The van der Waals surface area contributed by atoms with E-state index in [1.165, 1.54) is 19.3 Å². The monoisotopic (exact) mass is 192 g/mol. The van der Waals surface area contributed by atoms with Crippen LogP contribution >= 0.6 is 0 Å². The third kappa shape index (κ3) is 8.70. The molecule has 0 unspecified atom stereocenters. The molecule has 0 amide bonds. The average Bonchev–Trinajstić information content (AvgIpc) is 2.17. The van der Waals surface area contributed by atoms with Crippen LogP contribution in [0.5, 0.6) is 0 Å². The molecule has 0 fully saturated rings. The molecule has 0 atom stereocenters. The fraction of sp³-hybridized carbons (Fsp3) is 0.636. The fourth-order valence-electron chi connectivity index (χ4n) is 0.988. The van der Waals surface area contributed by atoms with E-state index in [9.17, 15) is 4.79 Å². The van der Waals surface area contributed by atoms with Crippen molar-refractivity contribution in [1.82, 2.24) is 0 Å². The van der Waals surface area contributed by atoms with Gasteiger partial charge in [0.15, 0.2) is 0 Å². The quantitative estimate of drug-likeness (QED) is 0.209. The molecule has 3 heteroatoms. The van der Waals surface area contributed by atoms with E-state index in [1.54, 1.807) is 0 Å². The topological polar surface area (TPSA) is 53.5 Å². The molecule has 0 aliphatic carbocycles. The van der Waals surface area contributed by atoms with Gasteiger partial charge in [-0.15, -0.1) is 5.92 Å². The van der Waals surface area contributed by atoms with E-state index in [4.69, 9.17) is 5.53 Å². The van der Waals surface area contributed by atoms with Crippen molar-refractivity contribution in [1.29, 1.82) is 0 Å². The normalized spacial score (nSPS) is 8.36. The molecule has 0 radical (unpaired) electrons. The summed E-state index contributed by atoms with van der Waals surface area (Å²) in [7, 11) is 0. The zero-order valence-electron chi connectivity index (χ0n) is 8.62. The Kier molecular flexibility index (Phi) is 8.73.